The molecule has 12 nitrogen and oxygen atoms in total. The zero-order valence-electron chi connectivity index (χ0n) is 28.9. The van der Waals surface area contributed by atoms with Gasteiger partial charge in [-0.15, -0.1) is 0 Å². The van der Waals surface area contributed by atoms with Gasteiger partial charge in [0.2, 0.25) is 17.7 Å². The third kappa shape index (κ3) is 7.85. The van der Waals surface area contributed by atoms with Crippen molar-refractivity contribution in [3.8, 4) is 28.9 Å². The highest BCUT2D eigenvalue weighted by Gasteiger charge is 2.62. The van der Waals surface area contributed by atoms with Crippen LogP contribution in [0, 0.1) is 5.92 Å². The largest absolute Gasteiger partial charge is 0.497 e. The molecule has 1 aromatic heterocycles. The van der Waals surface area contributed by atoms with Crippen LogP contribution in [0.4, 0.5) is 4.79 Å². The fraction of sp³-hybridized carbons (Fsp3) is 0.447. The third-order valence-electron chi connectivity index (χ3n) is 9.49. The summed E-state index contributed by atoms with van der Waals surface area (Å²) < 4.78 is 22.6. The smallest absolute Gasteiger partial charge is 0.332 e. The molecule has 6 rings (SSSR count). The molecule has 3 amide bonds. The van der Waals surface area contributed by atoms with E-state index in [2.05, 4.69) is 21.4 Å². The molecule has 266 valence electrons. The van der Waals surface area contributed by atoms with E-state index in [0.29, 0.717) is 31.2 Å². The number of methoxy groups -OCH3 is 2. The third-order valence-corrected chi connectivity index (χ3v) is 9.49. The maximum atomic E-state index is 14.5. The van der Waals surface area contributed by atoms with Crippen molar-refractivity contribution in [3.05, 3.63) is 78.4 Å². The minimum absolute atomic E-state index is 0. The van der Waals surface area contributed by atoms with Crippen molar-refractivity contribution in [2.45, 2.75) is 69.7 Å². The van der Waals surface area contributed by atoms with E-state index in [1.807, 2.05) is 60.7 Å². The molecule has 0 unspecified atom stereocenters. The van der Waals surface area contributed by atoms with E-state index in [1.165, 1.54) is 7.11 Å². The minimum atomic E-state index is -1.16. The predicted molar refractivity (Wildman–Crippen MR) is 188 cm³/mol. The van der Waals surface area contributed by atoms with Gasteiger partial charge in [-0.05, 0) is 50.3 Å². The first-order chi connectivity index (χ1) is 24.3. The van der Waals surface area contributed by atoms with Gasteiger partial charge in [-0.1, -0.05) is 61.0 Å². The number of allylic oxidation sites excluding steroid dienone is 1. The second-order valence-corrected chi connectivity index (χ2v) is 12.9. The van der Waals surface area contributed by atoms with Gasteiger partial charge in [0, 0.05) is 32.4 Å². The summed E-state index contributed by atoms with van der Waals surface area (Å²) in [6.07, 6.45) is 7.70. The van der Waals surface area contributed by atoms with Crippen LogP contribution in [-0.4, -0.2) is 89.3 Å². The topological polar surface area (TPSA) is 132 Å². The monoisotopic (exact) mass is 685 g/mol. The van der Waals surface area contributed by atoms with Gasteiger partial charge in [0.15, 0.2) is 5.82 Å². The van der Waals surface area contributed by atoms with Gasteiger partial charge < -0.3 is 34.1 Å². The van der Waals surface area contributed by atoms with Gasteiger partial charge in [0.25, 0.3) is 0 Å². The summed E-state index contributed by atoms with van der Waals surface area (Å²) >= 11 is 0. The molecule has 0 bridgehead atoms. The lowest BCUT2D eigenvalue weighted by Crippen LogP contribution is -2.55. The van der Waals surface area contributed by atoms with Crippen molar-refractivity contribution in [1.29, 1.82) is 0 Å². The summed E-state index contributed by atoms with van der Waals surface area (Å²) in [5.41, 5.74) is 0.568. The Balaban J connectivity index is 0.00000504. The molecule has 4 atom stereocenters. The molecular weight excluding hydrogens is 638 g/mol. The molecular formula is C38H47N5O7. The lowest BCUT2D eigenvalue weighted by atomic mass is 10.1. The Labute approximate surface area is 294 Å². The van der Waals surface area contributed by atoms with Crippen molar-refractivity contribution in [2.24, 2.45) is 5.92 Å². The highest BCUT2D eigenvalue weighted by molar-refractivity contribution is 5.95. The lowest BCUT2D eigenvalue weighted by Gasteiger charge is -2.32. The number of rotatable bonds is 9. The number of nitrogens with zero attached hydrogens (tertiary/aromatic N) is 4. The predicted octanol–water partition coefficient (Wildman–Crippen LogP) is 5.42. The number of hydrogen-bond donors (Lipinski definition) is 1. The first kappa shape index (κ1) is 34.7. The Morgan fingerprint density at radius 1 is 1.00 bits per heavy atom. The number of benzene rings is 2. The number of nitrogens with one attached hydrogen (secondary N) is 1. The molecule has 3 aliphatic rings. The van der Waals surface area contributed by atoms with E-state index in [1.54, 1.807) is 29.9 Å². The van der Waals surface area contributed by atoms with Crippen molar-refractivity contribution in [1.82, 2.24) is 25.1 Å². The van der Waals surface area contributed by atoms with E-state index < -0.39 is 29.6 Å². The fourth-order valence-electron chi connectivity index (χ4n) is 6.69. The highest BCUT2D eigenvalue weighted by atomic mass is 16.5. The van der Waals surface area contributed by atoms with Gasteiger partial charge >= 0.3 is 12.0 Å². The van der Waals surface area contributed by atoms with Crippen LogP contribution in [0.2, 0.25) is 0 Å². The molecule has 1 N–H and O–H groups in total. The van der Waals surface area contributed by atoms with Crippen LogP contribution in [0.25, 0.3) is 11.4 Å². The Hall–Kier alpha value is -5.13. The first-order valence-corrected chi connectivity index (χ1v) is 17.3. The van der Waals surface area contributed by atoms with E-state index in [-0.39, 0.29) is 38.8 Å². The van der Waals surface area contributed by atoms with Crippen molar-refractivity contribution in [3.63, 3.8) is 0 Å². The van der Waals surface area contributed by atoms with Crippen LogP contribution in [0.15, 0.2) is 72.8 Å². The number of urea groups is 1. The number of fused-ring (bicyclic) bond motifs is 2. The number of amides is 3. The van der Waals surface area contributed by atoms with E-state index in [0.717, 1.165) is 42.6 Å². The molecule has 12 heteroatoms. The second kappa shape index (κ2) is 15.6. The van der Waals surface area contributed by atoms with Crippen LogP contribution in [0.1, 0.15) is 52.4 Å². The normalized spacial score (nSPS) is 24.5. The van der Waals surface area contributed by atoms with Gasteiger partial charge in [-0.25, -0.2) is 9.59 Å². The van der Waals surface area contributed by atoms with Crippen LogP contribution < -0.4 is 19.5 Å². The molecule has 1 aliphatic carbocycles. The lowest BCUT2D eigenvalue weighted by molar-refractivity contribution is -0.149. The van der Waals surface area contributed by atoms with Crippen molar-refractivity contribution in [2.75, 3.05) is 33.9 Å². The Morgan fingerprint density at radius 2 is 1.78 bits per heavy atom. The molecule has 2 aromatic carbocycles. The second-order valence-electron chi connectivity index (χ2n) is 12.9. The molecule has 1 saturated carbocycles. The summed E-state index contributed by atoms with van der Waals surface area (Å²) in [5, 5.41) is 3.03. The Morgan fingerprint density at radius 3 is 2.52 bits per heavy atom. The molecule has 2 aliphatic heterocycles. The van der Waals surface area contributed by atoms with Crippen LogP contribution in [0.3, 0.4) is 0 Å². The standard InChI is InChI=1S/C38H45N5O7.H2/c1-4-49-36(45)38-23-28(38)15-11-6-5-7-12-20-42(24-26-16-18-29(47-2)19-17-26)37(46)43-25-30(21-31(43)35(44)41-38)50-33-22-32(48-3)39-34(40-33)27-13-9-8-10-14-27;/h8-11,13-19,22,28,30-31H,4-7,12,20-21,23-25H2,1-3H3,(H,41,44);1H/b15-11-;/t28-,30-,31+,38-;/m1./s1. The molecule has 0 radical (unpaired) electrons. The zero-order chi connectivity index (χ0) is 35.1. The molecule has 50 heavy (non-hydrogen) atoms. The number of ether oxygens (including phenoxy) is 4. The van der Waals surface area contributed by atoms with Crippen molar-refractivity contribution < 1.29 is 34.8 Å². The summed E-state index contributed by atoms with van der Waals surface area (Å²) in [4.78, 5) is 54.5. The van der Waals surface area contributed by atoms with Gasteiger partial charge in [-0.3, -0.25) is 4.79 Å². The van der Waals surface area contributed by atoms with E-state index in [4.69, 9.17) is 18.9 Å². The summed E-state index contributed by atoms with van der Waals surface area (Å²) in [6, 6.07) is 17.5. The first-order valence-electron chi connectivity index (χ1n) is 17.3. The summed E-state index contributed by atoms with van der Waals surface area (Å²) in [7, 11) is 3.14. The fourth-order valence-corrected chi connectivity index (χ4v) is 6.69. The Bertz CT molecular complexity index is 1690. The van der Waals surface area contributed by atoms with E-state index in [9.17, 15) is 14.4 Å². The number of aromatic nitrogens is 2. The quantitative estimate of drug-likeness (QED) is 0.232. The molecule has 1 saturated heterocycles. The number of carbonyl (C=O) groups excluding carboxylic acids is 3. The molecule has 2 fully saturated rings. The highest BCUT2D eigenvalue weighted by Crippen LogP contribution is 2.46. The molecule has 0 spiro atoms. The molecule has 3 heterocycles. The summed E-state index contributed by atoms with van der Waals surface area (Å²) in [6.45, 7) is 2.96. The van der Waals surface area contributed by atoms with Gasteiger partial charge in [0.1, 0.15) is 23.4 Å². The van der Waals surface area contributed by atoms with Crippen molar-refractivity contribution >= 4 is 17.9 Å². The minimum Gasteiger partial charge on any atom is -0.497 e. The zero-order valence-corrected chi connectivity index (χ0v) is 28.9. The maximum absolute atomic E-state index is 14.5. The number of esters is 1. The average molecular weight is 686 g/mol. The molecule has 3 aromatic rings. The number of hydrogen-bond acceptors (Lipinski definition) is 9. The summed E-state index contributed by atoms with van der Waals surface area (Å²) in [5.74, 6) is 0.692. The number of carbonyl (C=O) groups is 3. The van der Waals surface area contributed by atoms with Crippen LogP contribution in [-0.2, 0) is 20.9 Å². The van der Waals surface area contributed by atoms with Crippen LogP contribution in [0.5, 0.6) is 17.5 Å². The maximum Gasteiger partial charge on any atom is 0.332 e. The average Bonchev–Trinajstić information content (AvgIpc) is 3.67. The van der Waals surface area contributed by atoms with Gasteiger partial charge in [-0.2, -0.15) is 9.97 Å². The van der Waals surface area contributed by atoms with E-state index >= 15 is 0 Å². The van der Waals surface area contributed by atoms with Crippen LogP contribution >= 0.6 is 0 Å². The SMILES string of the molecule is CCOC(=O)[C@@]12C[C@H]1/C=C\CCCCCN(Cc1ccc(OC)cc1)C(=O)N1C[C@H](Oc3cc(OC)nc(-c4ccccc4)n3)C[C@H]1C(=O)N2.[HH]. The van der Waals surface area contributed by atoms with Gasteiger partial charge in [0.05, 0.1) is 33.4 Å². The Kier molecular flexibility index (Phi) is 10.8.